The predicted octanol–water partition coefficient (Wildman–Crippen LogP) is -0.258. The van der Waals surface area contributed by atoms with Crippen molar-refractivity contribution in [3.05, 3.63) is 13.8 Å². The number of carbonyl (C=O) groups excluding carboxylic acids is 3. The first kappa shape index (κ1) is 21.3. The Bertz CT molecular complexity index is 404. The molecule has 2 saturated heterocycles. The normalized spacial score (nSPS) is 25.6. The number of nitrogens with one attached hydrogen (secondary N) is 4. The van der Waals surface area contributed by atoms with Crippen LogP contribution in [0.4, 0.5) is 4.79 Å². The van der Waals surface area contributed by atoms with Crippen molar-refractivity contribution in [1.82, 2.24) is 21.3 Å². The molecule has 2 unspecified atom stereocenters. The number of amides is 4. The number of imide groups is 1. The summed E-state index contributed by atoms with van der Waals surface area (Å²) in [5, 5.41) is 10.4. The maximum Gasteiger partial charge on any atom is 0.322 e. The first-order valence-electron chi connectivity index (χ1n) is 7.19. The van der Waals surface area contributed by atoms with E-state index in [4.69, 9.17) is 0 Å². The zero-order valence-electron chi connectivity index (χ0n) is 13.0. The Morgan fingerprint density at radius 1 is 1.45 bits per heavy atom. The molecular weight excluding hydrogens is 361 g/mol. The van der Waals surface area contributed by atoms with E-state index < -0.39 is 17.5 Å². The van der Waals surface area contributed by atoms with E-state index in [2.05, 4.69) is 42.0 Å². The second-order valence-corrected chi connectivity index (χ2v) is 5.22. The zero-order chi connectivity index (χ0) is 15.9. The molecule has 2 rings (SSSR count). The van der Waals surface area contributed by atoms with Gasteiger partial charge in [-0.3, -0.25) is 10.1 Å². The average molecular weight is 385 g/mol. The maximum absolute atomic E-state index is 11.7. The molecule has 4 amide bonds. The van der Waals surface area contributed by atoms with Gasteiger partial charge in [0, 0.05) is 58.3 Å². The van der Waals surface area contributed by atoms with Crippen LogP contribution in [0.3, 0.4) is 0 Å². The van der Waals surface area contributed by atoms with Crippen molar-refractivity contribution in [1.29, 1.82) is 0 Å². The molecule has 7 nitrogen and oxygen atoms in total. The molecule has 2 fully saturated rings. The molecule has 8 heteroatoms. The molecule has 2 aliphatic rings. The number of urea groups is 1. The van der Waals surface area contributed by atoms with E-state index in [0.717, 1.165) is 6.42 Å². The van der Waals surface area contributed by atoms with Gasteiger partial charge in [-0.2, -0.15) is 6.42 Å². The van der Waals surface area contributed by atoms with Gasteiger partial charge in [0.05, 0.1) is 5.91 Å². The maximum atomic E-state index is 11.7. The molecule has 0 aromatic carbocycles. The van der Waals surface area contributed by atoms with Crippen LogP contribution in [0.1, 0.15) is 26.2 Å². The number of rotatable bonds is 4. The molecular formula is C14H24N4O3Y-2. The average Bonchev–Trinajstić information content (AvgIpc) is 2.94. The van der Waals surface area contributed by atoms with Crippen LogP contribution >= 0.6 is 0 Å². The number of hydrogen-bond acceptors (Lipinski definition) is 4. The molecule has 1 radical (unpaired) electrons. The summed E-state index contributed by atoms with van der Waals surface area (Å²) in [6, 6.07) is -0.486. The van der Waals surface area contributed by atoms with Gasteiger partial charge in [-0.1, -0.05) is 19.8 Å². The molecule has 2 aliphatic heterocycles. The van der Waals surface area contributed by atoms with Crippen molar-refractivity contribution in [2.24, 2.45) is 5.92 Å². The third kappa shape index (κ3) is 5.52. The molecule has 0 saturated carbocycles. The van der Waals surface area contributed by atoms with Crippen molar-refractivity contribution in [3.8, 4) is 0 Å². The number of unbranched alkanes of at least 4 members (excludes halogenated alkanes) is 2. The monoisotopic (exact) mass is 385 g/mol. The van der Waals surface area contributed by atoms with E-state index in [1.807, 2.05) is 0 Å². The number of carbonyl (C=O) groups is 3. The van der Waals surface area contributed by atoms with Crippen LogP contribution in [0.25, 0.3) is 0 Å². The summed E-state index contributed by atoms with van der Waals surface area (Å²) in [6.07, 6.45) is 3.65. The van der Waals surface area contributed by atoms with Crippen LogP contribution in [0.2, 0.25) is 0 Å². The van der Waals surface area contributed by atoms with Crippen LogP contribution in [-0.4, -0.2) is 43.0 Å². The minimum atomic E-state index is -0.931. The van der Waals surface area contributed by atoms with E-state index in [9.17, 15) is 14.4 Å². The van der Waals surface area contributed by atoms with Crippen molar-refractivity contribution >= 4 is 17.8 Å². The van der Waals surface area contributed by atoms with E-state index in [0.29, 0.717) is 19.6 Å². The molecule has 2 heterocycles. The summed E-state index contributed by atoms with van der Waals surface area (Å²) in [6.45, 7) is 10.3. The molecule has 1 spiro atoms. The molecule has 2 atom stereocenters. The van der Waals surface area contributed by atoms with Gasteiger partial charge in [-0.15, -0.1) is 0 Å². The van der Waals surface area contributed by atoms with Gasteiger partial charge < -0.3 is 34.6 Å². The molecule has 4 N–H and O–H groups in total. The fourth-order valence-electron chi connectivity index (χ4n) is 2.41. The Balaban J connectivity index is 0.000000644. The number of hydrogen-bond donors (Lipinski definition) is 4. The van der Waals surface area contributed by atoms with Gasteiger partial charge in [-0.25, -0.2) is 4.79 Å². The Labute approximate surface area is 157 Å². The van der Waals surface area contributed by atoms with E-state index in [1.165, 1.54) is 12.8 Å². The fourth-order valence-corrected chi connectivity index (χ4v) is 2.41. The van der Waals surface area contributed by atoms with Gasteiger partial charge in [0.25, 0.3) is 5.91 Å². The van der Waals surface area contributed by atoms with Crippen LogP contribution in [0.5, 0.6) is 0 Å². The van der Waals surface area contributed by atoms with Crippen molar-refractivity contribution in [2.75, 3.05) is 19.6 Å². The van der Waals surface area contributed by atoms with Gasteiger partial charge in [0.15, 0.2) is 0 Å². The van der Waals surface area contributed by atoms with Gasteiger partial charge >= 0.3 is 6.03 Å². The second kappa shape index (κ2) is 10.2. The first-order chi connectivity index (χ1) is 9.96. The third-order valence-corrected chi connectivity index (χ3v) is 3.61. The summed E-state index contributed by atoms with van der Waals surface area (Å²) in [4.78, 5) is 33.5. The van der Waals surface area contributed by atoms with Crippen LogP contribution in [0, 0.1) is 19.8 Å². The summed E-state index contributed by atoms with van der Waals surface area (Å²) >= 11 is 0. The minimum absolute atomic E-state index is 0. The van der Waals surface area contributed by atoms with Crippen LogP contribution in [-0.2, 0) is 42.3 Å². The van der Waals surface area contributed by atoms with Gasteiger partial charge in [-0.05, 0) is 0 Å². The summed E-state index contributed by atoms with van der Waals surface area (Å²) in [5.74, 6) is -0.901. The Morgan fingerprint density at radius 2 is 2.14 bits per heavy atom. The SMILES string of the molecule is [CH2-]C(=O)NCC1CNCC12NC(=O)NC2=O.[CH2-]CCCC.[Y]. The molecule has 0 aromatic heterocycles. The van der Waals surface area contributed by atoms with E-state index in [-0.39, 0.29) is 44.5 Å². The Morgan fingerprint density at radius 3 is 2.55 bits per heavy atom. The van der Waals surface area contributed by atoms with Crippen LogP contribution in [0.15, 0.2) is 0 Å². The van der Waals surface area contributed by atoms with Crippen molar-refractivity contribution < 1.29 is 47.1 Å². The van der Waals surface area contributed by atoms with Crippen LogP contribution < -0.4 is 21.3 Å². The Hall–Kier alpha value is -0.656. The second-order valence-electron chi connectivity index (χ2n) is 5.22. The summed E-state index contributed by atoms with van der Waals surface area (Å²) in [7, 11) is 0. The first-order valence-corrected chi connectivity index (χ1v) is 7.19. The molecule has 0 aliphatic carbocycles. The zero-order valence-corrected chi connectivity index (χ0v) is 15.9. The predicted molar refractivity (Wildman–Crippen MR) is 79.0 cm³/mol. The van der Waals surface area contributed by atoms with Crippen molar-refractivity contribution in [3.63, 3.8) is 0 Å². The molecule has 0 aromatic rings. The standard InChI is InChI=1S/C9H13N4O3.C5H11.Y/c1-5(14)11-3-6-2-10-4-9(6)7(15)12-8(16)13-9;1-3-5-4-2;/h6,10H,1-4H2,(H,11,14)(H2,12,13,15,16);1,3-5H2,2H3;/q2*-1;. The quantitative estimate of drug-likeness (QED) is 0.396. The molecule has 0 bridgehead atoms. The topological polar surface area (TPSA) is 99.3 Å². The van der Waals surface area contributed by atoms with Gasteiger partial charge in [0.2, 0.25) is 0 Å². The summed E-state index contributed by atoms with van der Waals surface area (Å²) in [5.41, 5.74) is -0.931. The Kier molecular flexibility index (Phi) is 9.88. The van der Waals surface area contributed by atoms with Gasteiger partial charge in [0.1, 0.15) is 5.54 Å². The largest absolute Gasteiger partial charge is 0.381 e. The van der Waals surface area contributed by atoms with Crippen molar-refractivity contribution in [2.45, 2.75) is 31.7 Å². The van der Waals surface area contributed by atoms with E-state index >= 15 is 0 Å². The minimum Gasteiger partial charge on any atom is -0.381 e. The third-order valence-electron chi connectivity index (χ3n) is 3.61. The summed E-state index contributed by atoms with van der Waals surface area (Å²) < 4.78 is 0. The van der Waals surface area contributed by atoms with E-state index in [1.54, 1.807) is 0 Å². The molecule has 22 heavy (non-hydrogen) atoms. The smallest absolute Gasteiger partial charge is 0.322 e. The molecule has 123 valence electrons. The fraction of sp³-hybridized carbons (Fsp3) is 0.643.